The van der Waals surface area contributed by atoms with Crippen LogP contribution in [0.5, 0.6) is 0 Å². The number of primary amides is 1. The number of nitrogens with one attached hydrogen (secondary N) is 1. The standard InChI is InChI=1S/C9H17N3O3/c1-2-3-11-8(13)7-6-15-5-4-12(7)9(10)14/h7H,2-6H2,1H3,(H2,10,14)(H,11,13). The highest BCUT2D eigenvalue weighted by Gasteiger charge is 2.31. The van der Waals surface area contributed by atoms with Crippen LogP contribution in [0.1, 0.15) is 13.3 Å². The molecule has 1 rings (SSSR count). The molecular formula is C9H17N3O3. The molecule has 3 N–H and O–H groups in total. The Morgan fingerprint density at radius 3 is 2.93 bits per heavy atom. The third-order valence-electron chi connectivity index (χ3n) is 2.26. The van der Waals surface area contributed by atoms with Gasteiger partial charge in [-0.15, -0.1) is 0 Å². The highest BCUT2D eigenvalue weighted by atomic mass is 16.5. The molecule has 1 heterocycles. The van der Waals surface area contributed by atoms with Gasteiger partial charge in [-0.1, -0.05) is 6.92 Å². The van der Waals surface area contributed by atoms with Crippen LogP contribution in [0, 0.1) is 0 Å². The van der Waals surface area contributed by atoms with Crippen molar-refractivity contribution in [3.8, 4) is 0 Å². The maximum atomic E-state index is 11.6. The van der Waals surface area contributed by atoms with Gasteiger partial charge in [0.15, 0.2) is 0 Å². The zero-order valence-electron chi connectivity index (χ0n) is 8.86. The van der Waals surface area contributed by atoms with Gasteiger partial charge >= 0.3 is 6.03 Å². The van der Waals surface area contributed by atoms with E-state index in [0.29, 0.717) is 19.7 Å². The van der Waals surface area contributed by atoms with Gasteiger partial charge in [0, 0.05) is 13.1 Å². The Morgan fingerprint density at radius 2 is 2.33 bits per heavy atom. The first kappa shape index (κ1) is 11.8. The summed E-state index contributed by atoms with van der Waals surface area (Å²) in [7, 11) is 0. The Labute approximate surface area is 88.7 Å². The van der Waals surface area contributed by atoms with Crippen molar-refractivity contribution in [2.75, 3.05) is 26.3 Å². The van der Waals surface area contributed by atoms with Crippen molar-refractivity contribution in [2.24, 2.45) is 5.73 Å². The number of rotatable bonds is 3. The van der Waals surface area contributed by atoms with Gasteiger partial charge in [-0.25, -0.2) is 4.79 Å². The summed E-state index contributed by atoms with van der Waals surface area (Å²) in [6.45, 7) is 3.59. The first-order valence-corrected chi connectivity index (χ1v) is 5.08. The lowest BCUT2D eigenvalue weighted by Crippen LogP contribution is -2.57. The van der Waals surface area contributed by atoms with Gasteiger partial charge in [0.05, 0.1) is 13.2 Å². The molecule has 0 spiro atoms. The summed E-state index contributed by atoms with van der Waals surface area (Å²) in [6, 6.07) is -1.15. The highest BCUT2D eigenvalue weighted by Crippen LogP contribution is 2.06. The van der Waals surface area contributed by atoms with Crippen LogP contribution < -0.4 is 11.1 Å². The van der Waals surface area contributed by atoms with Crippen molar-refractivity contribution in [2.45, 2.75) is 19.4 Å². The molecular weight excluding hydrogens is 198 g/mol. The van der Waals surface area contributed by atoms with E-state index in [1.54, 1.807) is 0 Å². The maximum absolute atomic E-state index is 11.6. The van der Waals surface area contributed by atoms with E-state index in [1.165, 1.54) is 4.90 Å². The topological polar surface area (TPSA) is 84.7 Å². The summed E-state index contributed by atoms with van der Waals surface area (Å²) in [4.78, 5) is 24.0. The normalized spacial score (nSPS) is 21.1. The molecule has 0 aromatic heterocycles. The second-order valence-corrected chi connectivity index (χ2v) is 3.41. The predicted octanol–water partition coefficient (Wildman–Crippen LogP) is -0.708. The van der Waals surface area contributed by atoms with Crippen molar-refractivity contribution in [3.63, 3.8) is 0 Å². The maximum Gasteiger partial charge on any atom is 0.315 e. The molecule has 0 aromatic rings. The summed E-state index contributed by atoms with van der Waals surface area (Å²) in [5.74, 6) is -0.199. The third kappa shape index (κ3) is 3.09. The third-order valence-corrected chi connectivity index (χ3v) is 2.26. The predicted molar refractivity (Wildman–Crippen MR) is 54.2 cm³/mol. The van der Waals surface area contributed by atoms with E-state index in [1.807, 2.05) is 6.92 Å². The minimum absolute atomic E-state index is 0.199. The first-order valence-electron chi connectivity index (χ1n) is 5.08. The molecule has 15 heavy (non-hydrogen) atoms. The molecule has 1 aliphatic heterocycles. The lowest BCUT2D eigenvalue weighted by molar-refractivity contribution is -0.130. The van der Waals surface area contributed by atoms with Crippen LogP contribution in [-0.2, 0) is 9.53 Å². The van der Waals surface area contributed by atoms with Gasteiger partial charge in [0.1, 0.15) is 6.04 Å². The molecule has 0 radical (unpaired) electrons. The number of nitrogens with zero attached hydrogens (tertiary/aromatic N) is 1. The number of morpholine rings is 1. The fourth-order valence-electron chi connectivity index (χ4n) is 1.45. The Kier molecular flexibility index (Phi) is 4.36. The average molecular weight is 215 g/mol. The van der Waals surface area contributed by atoms with Gasteiger partial charge in [-0.05, 0) is 6.42 Å². The van der Waals surface area contributed by atoms with E-state index < -0.39 is 12.1 Å². The SMILES string of the molecule is CCCNC(=O)C1COCCN1C(N)=O. The minimum Gasteiger partial charge on any atom is -0.377 e. The van der Waals surface area contributed by atoms with Gasteiger partial charge in [-0.3, -0.25) is 4.79 Å². The molecule has 6 heteroatoms. The van der Waals surface area contributed by atoms with Crippen LogP contribution in [0.25, 0.3) is 0 Å². The molecule has 0 aromatic carbocycles. The summed E-state index contributed by atoms with van der Waals surface area (Å²) >= 11 is 0. The van der Waals surface area contributed by atoms with Crippen LogP contribution in [0.2, 0.25) is 0 Å². The van der Waals surface area contributed by atoms with Crippen LogP contribution in [0.15, 0.2) is 0 Å². The van der Waals surface area contributed by atoms with E-state index in [-0.39, 0.29) is 12.5 Å². The fourth-order valence-corrected chi connectivity index (χ4v) is 1.45. The smallest absolute Gasteiger partial charge is 0.315 e. The Morgan fingerprint density at radius 1 is 1.60 bits per heavy atom. The number of nitrogens with two attached hydrogens (primary N) is 1. The van der Waals surface area contributed by atoms with Gasteiger partial charge in [-0.2, -0.15) is 0 Å². The van der Waals surface area contributed by atoms with Gasteiger partial charge in [0.25, 0.3) is 0 Å². The minimum atomic E-state index is -0.581. The molecule has 0 aliphatic carbocycles. The molecule has 1 aliphatic rings. The summed E-state index contributed by atoms with van der Waals surface area (Å²) in [5.41, 5.74) is 5.18. The molecule has 6 nitrogen and oxygen atoms in total. The van der Waals surface area contributed by atoms with Crippen molar-refractivity contribution in [3.05, 3.63) is 0 Å². The van der Waals surface area contributed by atoms with Crippen molar-refractivity contribution < 1.29 is 14.3 Å². The van der Waals surface area contributed by atoms with Crippen LogP contribution in [-0.4, -0.2) is 49.2 Å². The second kappa shape index (κ2) is 5.55. The van der Waals surface area contributed by atoms with Crippen LogP contribution >= 0.6 is 0 Å². The molecule has 86 valence electrons. The zero-order chi connectivity index (χ0) is 11.3. The molecule has 0 bridgehead atoms. The summed E-state index contributed by atoms with van der Waals surface area (Å²) < 4.78 is 5.15. The lowest BCUT2D eigenvalue weighted by atomic mass is 10.2. The van der Waals surface area contributed by atoms with Crippen molar-refractivity contribution in [1.29, 1.82) is 0 Å². The molecule has 1 saturated heterocycles. The van der Waals surface area contributed by atoms with Gasteiger partial charge in [0.2, 0.25) is 5.91 Å². The highest BCUT2D eigenvalue weighted by molar-refractivity contribution is 5.86. The summed E-state index contributed by atoms with van der Waals surface area (Å²) in [6.07, 6.45) is 0.857. The Balaban J connectivity index is 2.55. The summed E-state index contributed by atoms with van der Waals surface area (Å²) in [5, 5.41) is 2.72. The van der Waals surface area contributed by atoms with E-state index in [2.05, 4.69) is 5.32 Å². The number of ether oxygens (including phenoxy) is 1. The Bertz CT molecular complexity index is 245. The second-order valence-electron chi connectivity index (χ2n) is 3.41. The molecule has 1 unspecified atom stereocenters. The first-order chi connectivity index (χ1) is 7.16. The fraction of sp³-hybridized carbons (Fsp3) is 0.778. The molecule has 0 saturated carbocycles. The molecule has 3 amide bonds. The van der Waals surface area contributed by atoms with E-state index in [4.69, 9.17) is 10.5 Å². The molecule has 1 fully saturated rings. The van der Waals surface area contributed by atoms with Crippen molar-refractivity contribution >= 4 is 11.9 Å². The zero-order valence-corrected chi connectivity index (χ0v) is 8.86. The monoisotopic (exact) mass is 215 g/mol. The van der Waals surface area contributed by atoms with E-state index in [0.717, 1.165) is 6.42 Å². The van der Waals surface area contributed by atoms with Crippen molar-refractivity contribution in [1.82, 2.24) is 10.2 Å². The lowest BCUT2D eigenvalue weighted by Gasteiger charge is -2.33. The average Bonchev–Trinajstić information content (AvgIpc) is 2.25. The number of carbonyl (C=O) groups excluding carboxylic acids is 2. The Hall–Kier alpha value is -1.30. The molecule has 1 atom stereocenters. The van der Waals surface area contributed by atoms with Gasteiger partial charge < -0.3 is 20.7 Å². The number of hydrogen-bond donors (Lipinski definition) is 2. The largest absolute Gasteiger partial charge is 0.377 e. The number of urea groups is 1. The quantitative estimate of drug-likeness (QED) is 0.652. The van der Waals surface area contributed by atoms with E-state index in [9.17, 15) is 9.59 Å². The van der Waals surface area contributed by atoms with Crippen LogP contribution in [0.3, 0.4) is 0 Å². The number of hydrogen-bond acceptors (Lipinski definition) is 3. The number of carbonyl (C=O) groups is 2. The number of amides is 3. The van der Waals surface area contributed by atoms with Crippen LogP contribution in [0.4, 0.5) is 4.79 Å². The van der Waals surface area contributed by atoms with E-state index >= 15 is 0 Å².